The molecular formula is C16H20N2O2. The number of nitrogens with zero attached hydrogens (tertiary/aromatic N) is 2. The number of hydrogen-bond donors (Lipinski definition) is 1. The Balaban J connectivity index is 2.37. The van der Waals surface area contributed by atoms with Crippen molar-refractivity contribution in [2.45, 2.75) is 33.1 Å². The van der Waals surface area contributed by atoms with Crippen LogP contribution in [0.1, 0.15) is 37.3 Å². The van der Waals surface area contributed by atoms with Gasteiger partial charge in [0.1, 0.15) is 6.07 Å². The molecule has 2 rings (SSSR count). The molecule has 4 heteroatoms. The molecule has 0 bridgehead atoms. The second kappa shape index (κ2) is 5.54. The van der Waals surface area contributed by atoms with E-state index in [2.05, 4.69) is 11.0 Å². The van der Waals surface area contributed by atoms with E-state index in [1.807, 2.05) is 32.0 Å². The smallest absolute Gasteiger partial charge is 0.311 e. The number of anilines is 1. The van der Waals surface area contributed by atoms with Crippen molar-refractivity contribution in [1.29, 1.82) is 5.26 Å². The van der Waals surface area contributed by atoms with Gasteiger partial charge >= 0.3 is 5.97 Å². The Kier molecular flexibility index (Phi) is 3.99. The van der Waals surface area contributed by atoms with Crippen LogP contribution in [-0.4, -0.2) is 24.2 Å². The van der Waals surface area contributed by atoms with Crippen LogP contribution in [0.5, 0.6) is 0 Å². The van der Waals surface area contributed by atoms with Crippen molar-refractivity contribution in [2.75, 3.05) is 18.0 Å². The van der Waals surface area contributed by atoms with Crippen molar-refractivity contribution in [3.63, 3.8) is 0 Å². The number of nitriles is 1. The lowest BCUT2D eigenvalue weighted by Crippen LogP contribution is -2.47. The second-order valence-electron chi connectivity index (χ2n) is 5.60. The molecular weight excluding hydrogens is 252 g/mol. The Bertz CT molecular complexity index is 562. The number of carboxylic acid groups (broad SMARTS) is 1. The van der Waals surface area contributed by atoms with Gasteiger partial charge in [0.25, 0.3) is 0 Å². The summed E-state index contributed by atoms with van der Waals surface area (Å²) in [5.41, 5.74) is 1.88. The van der Waals surface area contributed by atoms with Crippen LogP contribution in [0.3, 0.4) is 0 Å². The minimum absolute atomic E-state index is 0.483. The van der Waals surface area contributed by atoms with Crippen LogP contribution in [0.2, 0.25) is 0 Å². The van der Waals surface area contributed by atoms with E-state index in [0.717, 1.165) is 24.2 Å². The molecule has 4 nitrogen and oxygen atoms in total. The minimum atomic E-state index is -0.726. The molecule has 1 aliphatic heterocycles. The summed E-state index contributed by atoms with van der Waals surface area (Å²) in [7, 11) is 0. The first-order valence-corrected chi connectivity index (χ1v) is 7.01. The Hall–Kier alpha value is -2.02. The van der Waals surface area contributed by atoms with Crippen LogP contribution in [0.25, 0.3) is 0 Å². The lowest BCUT2D eigenvalue weighted by molar-refractivity contribution is -0.149. The number of aryl methyl sites for hydroxylation is 1. The van der Waals surface area contributed by atoms with Gasteiger partial charge < -0.3 is 10.0 Å². The van der Waals surface area contributed by atoms with Gasteiger partial charge in [0, 0.05) is 13.1 Å². The molecule has 20 heavy (non-hydrogen) atoms. The van der Waals surface area contributed by atoms with Gasteiger partial charge in [0.15, 0.2) is 0 Å². The van der Waals surface area contributed by atoms with Gasteiger partial charge in [-0.25, -0.2) is 0 Å². The van der Waals surface area contributed by atoms with E-state index in [9.17, 15) is 15.2 Å². The Morgan fingerprint density at radius 1 is 1.55 bits per heavy atom. The molecule has 1 aromatic carbocycles. The molecule has 1 aromatic rings. The second-order valence-corrected chi connectivity index (χ2v) is 5.60. The topological polar surface area (TPSA) is 64.3 Å². The van der Waals surface area contributed by atoms with Crippen LogP contribution in [0, 0.1) is 23.7 Å². The number of carboxylic acids is 1. The summed E-state index contributed by atoms with van der Waals surface area (Å²) in [5.74, 6) is -0.726. The van der Waals surface area contributed by atoms with Gasteiger partial charge in [0.2, 0.25) is 0 Å². The van der Waals surface area contributed by atoms with Gasteiger partial charge in [0.05, 0.1) is 16.7 Å². The number of piperidine rings is 1. The molecule has 106 valence electrons. The van der Waals surface area contributed by atoms with Gasteiger partial charge in [-0.05, 0) is 43.9 Å². The van der Waals surface area contributed by atoms with Crippen LogP contribution in [0.4, 0.5) is 5.69 Å². The zero-order chi connectivity index (χ0) is 14.8. The molecule has 1 heterocycles. The summed E-state index contributed by atoms with van der Waals surface area (Å²) in [6.07, 6.45) is 2.18. The summed E-state index contributed by atoms with van der Waals surface area (Å²) >= 11 is 0. The number of rotatable bonds is 3. The summed E-state index contributed by atoms with van der Waals surface area (Å²) in [6.45, 7) is 5.21. The monoisotopic (exact) mass is 272 g/mol. The molecule has 1 N–H and O–H groups in total. The first kappa shape index (κ1) is 14.4. The molecule has 0 radical (unpaired) electrons. The average Bonchev–Trinajstić information content (AvgIpc) is 2.47. The molecule has 0 saturated carbocycles. The van der Waals surface area contributed by atoms with E-state index in [-0.39, 0.29) is 0 Å². The largest absolute Gasteiger partial charge is 0.481 e. The predicted molar refractivity (Wildman–Crippen MR) is 77.7 cm³/mol. The van der Waals surface area contributed by atoms with Gasteiger partial charge in [-0.2, -0.15) is 5.26 Å². The Morgan fingerprint density at radius 3 is 2.90 bits per heavy atom. The van der Waals surface area contributed by atoms with Crippen molar-refractivity contribution in [3.8, 4) is 6.07 Å². The van der Waals surface area contributed by atoms with Crippen molar-refractivity contribution in [1.82, 2.24) is 0 Å². The standard InChI is InChI=1S/C16H20N2O2/c1-3-16(15(19)20)7-4-8-18(11-16)14-9-12(2)5-6-13(14)10-17/h5-6,9H,3-4,7-8,11H2,1-2H3,(H,19,20). The van der Waals surface area contributed by atoms with Gasteiger partial charge in [-0.3, -0.25) is 4.79 Å². The van der Waals surface area contributed by atoms with E-state index < -0.39 is 11.4 Å². The summed E-state index contributed by atoms with van der Waals surface area (Å²) in [4.78, 5) is 13.7. The molecule has 1 aliphatic rings. The summed E-state index contributed by atoms with van der Waals surface area (Å²) < 4.78 is 0. The maximum atomic E-state index is 11.6. The van der Waals surface area contributed by atoms with E-state index in [0.29, 0.717) is 24.9 Å². The van der Waals surface area contributed by atoms with Gasteiger partial charge in [-0.1, -0.05) is 13.0 Å². The van der Waals surface area contributed by atoms with Crippen LogP contribution in [-0.2, 0) is 4.79 Å². The lowest BCUT2D eigenvalue weighted by atomic mass is 9.77. The molecule has 0 aliphatic carbocycles. The Morgan fingerprint density at radius 2 is 2.30 bits per heavy atom. The van der Waals surface area contributed by atoms with Crippen LogP contribution >= 0.6 is 0 Å². The number of aliphatic carboxylic acids is 1. The number of benzene rings is 1. The van der Waals surface area contributed by atoms with Crippen molar-refractivity contribution >= 4 is 11.7 Å². The fraction of sp³-hybridized carbons (Fsp3) is 0.500. The highest BCUT2D eigenvalue weighted by molar-refractivity contribution is 5.76. The fourth-order valence-electron chi connectivity index (χ4n) is 2.95. The van der Waals surface area contributed by atoms with Crippen molar-refractivity contribution in [3.05, 3.63) is 29.3 Å². The summed E-state index contributed by atoms with van der Waals surface area (Å²) in [5, 5.41) is 18.8. The molecule has 1 unspecified atom stereocenters. The third kappa shape index (κ3) is 2.49. The quantitative estimate of drug-likeness (QED) is 0.918. The molecule has 0 amide bonds. The zero-order valence-electron chi connectivity index (χ0n) is 12.0. The maximum Gasteiger partial charge on any atom is 0.311 e. The predicted octanol–water partition coefficient (Wildman–Crippen LogP) is 2.95. The lowest BCUT2D eigenvalue weighted by Gasteiger charge is -2.41. The third-order valence-electron chi connectivity index (χ3n) is 4.32. The average molecular weight is 272 g/mol. The SMILES string of the molecule is CCC1(C(=O)O)CCCN(c2cc(C)ccc2C#N)C1. The van der Waals surface area contributed by atoms with Gasteiger partial charge in [-0.15, -0.1) is 0 Å². The molecule has 1 atom stereocenters. The maximum absolute atomic E-state index is 11.6. The third-order valence-corrected chi connectivity index (χ3v) is 4.32. The van der Waals surface area contributed by atoms with E-state index in [1.54, 1.807) is 0 Å². The number of hydrogen-bond acceptors (Lipinski definition) is 3. The molecule has 1 fully saturated rings. The van der Waals surface area contributed by atoms with Crippen molar-refractivity contribution < 1.29 is 9.90 Å². The highest BCUT2D eigenvalue weighted by atomic mass is 16.4. The van der Waals surface area contributed by atoms with E-state index in [1.165, 1.54) is 0 Å². The highest BCUT2D eigenvalue weighted by Gasteiger charge is 2.41. The Labute approximate surface area is 119 Å². The minimum Gasteiger partial charge on any atom is -0.481 e. The molecule has 0 aromatic heterocycles. The molecule has 0 spiro atoms. The fourth-order valence-corrected chi connectivity index (χ4v) is 2.95. The number of carbonyl (C=O) groups is 1. The van der Waals surface area contributed by atoms with Crippen molar-refractivity contribution in [2.24, 2.45) is 5.41 Å². The first-order chi connectivity index (χ1) is 9.52. The first-order valence-electron chi connectivity index (χ1n) is 7.01. The molecule has 1 saturated heterocycles. The van der Waals surface area contributed by atoms with Crippen LogP contribution in [0.15, 0.2) is 18.2 Å². The van der Waals surface area contributed by atoms with E-state index in [4.69, 9.17) is 0 Å². The van der Waals surface area contributed by atoms with Crippen LogP contribution < -0.4 is 4.90 Å². The van der Waals surface area contributed by atoms with E-state index >= 15 is 0 Å². The normalized spacial score (nSPS) is 22.4. The summed E-state index contributed by atoms with van der Waals surface area (Å²) in [6, 6.07) is 7.91. The zero-order valence-corrected chi connectivity index (χ0v) is 12.0. The highest BCUT2D eigenvalue weighted by Crippen LogP contribution is 2.36.